The number of benzene rings is 1. The van der Waals surface area contributed by atoms with E-state index in [1.807, 2.05) is 58.0 Å². The van der Waals surface area contributed by atoms with Gasteiger partial charge in [-0.15, -0.1) is 13.2 Å². The van der Waals surface area contributed by atoms with Gasteiger partial charge in [-0.25, -0.2) is 0 Å². The van der Waals surface area contributed by atoms with Crippen LogP contribution in [-0.4, -0.2) is 91.9 Å². The van der Waals surface area contributed by atoms with Gasteiger partial charge in [0.15, 0.2) is 0 Å². The summed E-state index contributed by atoms with van der Waals surface area (Å²) in [6.07, 6.45) is 3.24. The van der Waals surface area contributed by atoms with Crippen LogP contribution in [-0.2, 0) is 28.7 Å². The topological polar surface area (TPSA) is 125 Å². The van der Waals surface area contributed by atoms with Gasteiger partial charge in [-0.3, -0.25) is 19.2 Å². The predicted octanol–water partition coefficient (Wildman–Crippen LogP) is 4.07. The molecule has 10 nitrogen and oxygen atoms in total. The third-order valence-electron chi connectivity index (χ3n) is 9.49. The highest BCUT2D eigenvalue weighted by Gasteiger charge is 2.77. The number of amides is 3. The minimum absolute atomic E-state index is 0.201. The van der Waals surface area contributed by atoms with E-state index in [4.69, 9.17) is 9.47 Å². The van der Waals surface area contributed by atoms with Gasteiger partial charge in [0.2, 0.25) is 17.7 Å². The van der Waals surface area contributed by atoms with Gasteiger partial charge in [0, 0.05) is 23.3 Å². The zero-order valence-corrected chi connectivity index (χ0v) is 29.1. The predicted molar refractivity (Wildman–Crippen MR) is 178 cm³/mol. The minimum Gasteiger partial charge on any atom is -0.455 e. The molecule has 2 bridgehead atoms. The van der Waals surface area contributed by atoms with Crippen LogP contribution in [0.5, 0.6) is 0 Å². The van der Waals surface area contributed by atoms with Crippen LogP contribution in [0.3, 0.4) is 0 Å². The number of alkyl halides is 1. The van der Waals surface area contributed by atoms with Crippen molar-refractivity contribution in [2.45, 2.75) is 107 Å². The van der Waals surface area contributed by atoms with E-state index >= 15 is 0 Å². The molecule has 1 spiro atoms. The van der Waals surface area contributed by atoms with Gasteiger partial charge >= 0.3 is 5.97 Å². The Morgan fingerprint density at radius 3 is 2.48 bits per heavy atom. The van der Waals surface area contributed by atoms with E-state index in [0.717, 1.165) is 0 Å². The standard InChI is InChI=1S/C35H48BrN3O7/c1-8-11-17-25(41)37-21(4)28(22-15-13-12-14-16-22)45-33(44)26-27-31(42)39(23(10-3)20-40)30(35(27)19-24(36)29(26)46-35)32(43)38(18-9-2)34(5,6)7/h8-9,12-16,21,23-24,26-30,40H,1-2,10-11,17-20H2,3-7H3,(H,37,41)/t21-,23-,24?,26-,27+,28-,29-,30-,35+/m0/s1. The lowest BCUT2D eigenvalue weighted by Gasteiger charge is -2.43. The first-order chi connectivity index (χ1) is 21.8. The molecular formula is C35H48BrN3O7. The summed E-state index contributed by atoms with van der Waals surface area (Å²) in [6, 6.07) is 6.85. The van der Waals surface area contributed by atoms with Crippen LogP contribution >= 0.6 is 15.9 Å². The highest BCUT2D eigenvalue weighted by atomic mass is 79.9. The van der Waals surface area contributed by atoms with Crippen molar-refractivity contribution in [2.24, 2.45) is 11.8 Å². The number of nitrogens with zero attached hydrogens (tertiary/aromatic N) is 2. The van der Waals surface area contributed by atoms with Crippen LogP contribution < -0.4 is 5.32 Å². The fourth-order valence-electron chi connectivity index (χ4n) is 7.33. The highest BCUT2D eigenvalue weighted by Crippen LogP contribution is 2.61. The van der Waals surface area contributed by atoms with Gasteiger partial charge in [-0.05, 0) is 52.5 Å². The van der Waals surface area contributed by atoms with Crippen LogP contribution in [0.2, 0.25) is 0 Å². The Balaban J connectivity index is 1.74. The maximum absolute atomic E-state index is 14.6. The molecule has 1 aromatic rings. The van der Waals surface area contributed by atoms with Gasteiger partial charge < -0.3 is 29.7 Å². The Morgan fingerprint density at radius 2 is 1.91 bits per heavy atom. The number of halogens is 1. The Labute approximate surface area is 280 Å². The van der Waals surface area contributed by atoms with Crippen molar-refractivity contribution in [2.75, 3.05) is 13.2 Å². The first-order valence-corrected chi connectivity index (χ1v) is 17.0. The first kappa shape index (κ1) is 35.8. The van der Waals surface area contributed by atoms with Gasteiger partial charge in [0.1, 0.15) is 17.7 Å². The molecule has 0 saturated carbocycles. The van der Waals surface area contributed by atoms with Crippen molar-refractivity contribution in [3.8, 4) is 0 Å². The number of aliphatic hydroxyl groups is 1. The summed E-state index contributed by atoms with van der Waals surface area (Å²) >= 11 is 3.71. The summed E-state index contributed by atoms with van der Waals surface area (Å²) in [5.74, 6) is -3.57. The second-order valence-corrected chi connectivity index (χ2v) is 14.7. The zero-order chi connectivity index (χ0) is 34.0. The van der Waals surface area contributed by atoms with Crippen molar-refractivity contribution in [3.63, 3.8) is 0 Å². The average Bonchev–Trinajstić information content (AvgIpc) is 3.61. The Hall–Kier alpha value is -3.02. The summed E-state index contributed by atoms with van der Waals surface area (Å²) in [5.41, 5.74) is -1.23. The molecule has 3 saturated heterocycles. The molecule has 1 unspecified atom stereocenters. The van der Waals surface area contributed by atoms with E-state index in [9.17, 15) is 24.3 Å². The third kappa shape index (κ3) is 6.55. The number of allylic oxidation sites excluding steroid dienone is 1. The fourth-order valence-corrected chi connectivity index (χ4v) is 8.28. The lowest BCUT2D eigenvalue weighted by molar-refractivity contribution is -0.162. The van der Waals surface area contributed by atoms with E-state index < -0.39 is 65.2 Å². The first-order valence-electron chi connectivity index (χ1n) is 16.1. The van der Waals surface area contributed by atoms with Crippen LogP contribution in [0.25, 0.3) is 0 Å². The molecule has 9 atom stereocenters. The lowest BCUT2D eigenvalue weighted by atomic mass is 9.70. The SMILES string of the molecule is C=CCCC(=O)N[C@@H](C)[C@H](OC(=O)[C@@H]1[C@H]2O[C@@]3(CC2Br)[C@H](C(=O)N(CC=C)C(C)(C)C)N([C@@H](CC)CO)C(=O)[C@@H]13)c1ccccc1. The molecule has 0 aliphatic carbocycles. The number of carbonyl (C=O) groups is 4. The molecule has 3 fully saturated rings. The summed E-state index contributed by atoms with van der Waals surface area (Å²) in [5, 5.41) is 13.3. The number of ether oxygens (including phenoxy) is 2. The smallest absolute Gasteiger partial charge is 0.313 e. The van der Waals surface area contributed by atoms with Gasteiger partial charge in [0.05, 0.1) is 36.6 Å². The van der Waals surface area contributed by atoms with E-state index in [0.29, 0.717) is 24.8 Å². The maximum Gasteiger partial charge on any atom is 0.313 e. The molecule has 0 radical (unpaired) electrons. The molecule has 0 aromatic heterocycles. The highest BCUT2D eigenvalue weighted by molar-refractivity contribution is 9.09. The number of fused-ring (bicyclic) bond motifs is 1. The number of hydrogen-bond acceptors (Lipinski definition) is 7. The Morgan fingerprint density at radius 1 is 1.24 bits per heavy atom. The summed E-state index contributed by atoms with van der Waals surface area (Å²) in [6.45, 7) is 16.8. The molecular weight excluding hydrogens is 654 g/mol. The molecule has 252 valence electrons. The van der Waals surface area contributed by atoms with Crippen LogP contribution in [0.4, 0.5) is 0 Å². The van der Waals surface area contributed by atoms with E-state index in [2.05, 4.69) is 34.4 Å². The quantitative estimate of drug-likeness (QED) is 0.170. The van der Waals surface area contributed by atoms with Crippen LogP contribution in [0.1, 0.15) is 72.0 Å². The average molecular weight is 703 g/mol. The maximum atomic E-state index is 14.6. The van der Waals surface area contributed by atoms with Crippen molar-refractivity contribution in [1.82, 2.24) is 15.1 Å². The molecule has 1 aromatic carbocycles. The monoisotopic (exact) mass is 701 g/mol. The summed E-state index contributed by atoms with van der Waals surface area (Å²) in [7, 11) is 0. The summed E-state index contributed by atoms with van der Waals surface area (Å²) < 4.78 is 12.9. The molecule has 2 N–H and O–H groups in total. The third-order valence-corrected chi connectivity index (χ3v) is 10.3. The van der Waals surface area contributed by atoms with Gasteiger partial charge in [-0.2, -0.15) is 0 Å². The number of rotatable bonds is 14. The second kappa shape index (κ2) is 14.4. The van der Waals surface area contributed by atoms with Gasteiger partial charge in [0.25, 0.3) is 0 Å². The van der Waals surface area contributed by atoms with E-state index in [-0.39, 0.29) is 36.2 Å². The fraction of sp³-hybridized carbons (Fsp3) is 0.600. The molecule has 3 aliphatic heterocycles. The number of carbonyl (C=O) groups excluding carboxylic acids is 4. The van der Waals surface area contributed by atoms with Crippen molar-refractivity contribution < 1.29 is 33.8 Å². The second-order valence-electron chi connectivity index (χ2n) is 13.5. The van der Waals surface area contributed by atoms with Crippen molar-refractivity contribution in [3.05, 3.63) is 61.2 Å². The number of esters is 1. The largest absolute Gasteiger partial charge is 0.455 e. The molecule has 3 amide bonds. The molecule has 3 aliphatic rings. The normalized spacial score (nSPS) is 28.6. The number of likely N-dealkylation sites (tertiary alicyclic amines) is 1. The van der Waals surface area contributed by atoms with E-state index in [1.165, 1.54) is 4.90 Å². The van der Waals surface area contributed by atoms with E-state index in [1.54, 1.807) is 24.0 Å². The zero-order valence-electron chi connectivity index (χ0n) is 27.5. The lowest BCUT2D eigenvalue weighted by Crippen LogP contribution is -2.61. The van der Waals surface area contributed by atoms with Gasteiger partial charge in [-0.1, -0.05) is 65.3 Å². The number of nitrogens with one attached hydrogen (secondary N) is 1. The van der Waals surface area contributed by atoms with Crippen molar-refractivity contribution >= 4 is 39.6 Å². The number of hydrogen-bond donors (Lipinski definition) is 2. The molecule has 11 heteroatoms. The Kier molecular flexibility index (Phi) is 11.2. The summed E-state index contributed by atoms with van der Waals surface area (Å²) in [4.78, 5) is 58.8. The molecule has 4 rings (SSSR count). The van der Waals surface area contributed by atoms with Crippen molar-refractivity contribution in [1.29, 1.82) is 0 Å². The van der Waals surface area contributed by atoms with Crippen LogP contribution in [0.15, 0.2) is 55.6 Å². The number of aliphatic hydroxyl groups excluding tert-OH is 1. The Bertz CT molecular complexity index is 1310. The molecule has 3 heterocycles. The minimum atomic E-state index is -1.31. The molecule has 46 heavy (non-hydrogen) atoms. The van der Waals surface area contributed by atoms with Crippen LogP contribution in [0, 0.1) is 11.8 Å².